The monoisotopic (exact) mass is 744 g/mol. The molecule has 0 saturated heterocycles. The maximum atomic E-state index is 4.61. The summed E-state index contributed by atoms with van der Waals surface area (Å²) in [5.74, 6) is 0. The van der Waals surface area contributed by atoms with Gasteiger partial charge in [-0.05, 0) is 46.0 Å². The maximum absolute atomic E-state index is 4.61. The molecule has 212 valence electrons. The average molecular weight is 745 g/mol. The van der Waals surface area contributed by atoms with Crippen molar-refractivity contribution in [2.45, 2.75) is 0 Å². The van der Waals surface area contributed by atoms with Gasteiger partial charge in [-0.15, -0.1) is 59.7 Å². The zero-order valence-electron chi connectivity index (χ0n) is 23.7. The Hall–Kier alpha value is -5.11. The van der Waals surface area contributed by atoms with Crippen LogP contribution in [-0.2, 0) is 21.1 Å². The molecule has 44 heavy (non-hydrogen) atoms. The van der Waals surface area contributed by atoms with Gasteiger partial charge >= 0.3 is 21.1 Å². The number of hydrogen-bond donors (Lipinski definition) is 0. The van der Waals surface area contributed by atoms with Gasteiger partial charge in [0.15, 0.2) is 0 Å². The molecule has 7 rings (SSSR count). The van der Waals surface area contributed by atoms with Crippen molar-refractivity contribution in [1.82, 2.24) is 9.97 Å². The van der Waals surface area contributed by atoms with Crippen molar-refractivity contribution in [1.29, 1.82) is 0 Å². The molecule has 7 aromatic rings. The predicted octanol–water partition coefficient (Wildman–Crippen LogP) is 10.2. The molecule has 0 unspecified atom stereocenters. The Labute approximate surface area is 272 Å². The van der Waals surface area contributed by atoms with E-state index in [-0.39, 0.29) is 21.1 Å². The predicted molar refractivity (Wildman–Crippen MR) is 176 cm³/mol. The summed E-state index contributed by atoms with van der Waals surface area (Å²) in [7, 11) is 0. The fourth-order valence-corrected chi connectivity index (χ4v) is 5.37. The third kappa shape index (κ3) is 6.01. The quantitative estimate of drug-likeness (QED) is 0.152. The molecule has 0 bridgehead atoms. The molecule has 0 fully saturated rings. The molecule has 0 amide bonds. The van der Waals surface area contributed by atoms with Gasteiger partial charge < -0.3 is 14.9 Å². The molecule has 0 aliphatic carbocycles. The molecule has 4 heteroatoms. The topological polar surface area (TPSA) is 29.0 Å². The summed E-state index contributed by atoms with van der Waals surface area (Å²) in [5, 5.41) is 0. The summed E-state index contributed by atoms with van der Waals surface area (Å²) in [6.07, 6.45) is 3.63. The molecule has 0 radical (unpaired) electrons. The Balaban J connectivity index is 0.00000343. The van der Waals surface area contributed by atoms with E-state index in [0.717, 1.165) is 61.8 Å². The molecule has 2 heterocycles. The van der Waals surface area contributed by atoms with Gasteiger partial charge in [0.25, 0.3) is 0 Å². The number of benzene rings is 5. The minimum Gasteiger partial charge on any atom is -0.345 e. The first-order valence-electron chi connectivity index (χ1n) is 14.3. The first-order valence-corrected chi connectivity index (χ1v) is 14.3. The smallest absolute Gasteiger partial charge is 0.345 e. The van der Waals surface area contributed by atoms with Crippen LogP contribution in [0.1, 0.15) is 0 Å². The van der Waals surface area contributed by atoms with Gasteiger partial charge in [0.1, 0.15) is 0 Å². The van der Waals surface area contributed by atoms with Gasteiger partial charge in [0.2, 0.25) is 0 Å². The fourth-order valence-electron chi connectivity index (χ4n) is 5.37. The van der Waals surface area contributed by atoms with Crippen molar-refractivity contribution >= 4 is 17.1 Å². The normalized spacial score (nSPS) is 10.5. The van der Waals surface area contributed by atoms with Crippen molar-refractivity contribution < 1.29 is 21.1 Å². The Morgan fingerprint density at radius 3 is 1.27 bits per heavy atom. The number of rotatable bonds is 7. The van der Waals surface area contributed by atoms with Crippen molar-refractivity contribution in [3.05, 3.63) is 176 Å². The third-order valence-electron chi connectivity index (χ3n) is 7.35. The molecule has 0 aliphatic heterocycles. The van der Waals surface area contributed by atoms with Crippen LogP contribution in [0, 0.1) is 12.1 Å². The molecule has 0 N–H and O–H groups in total. The average Bonchev–Trinajstić information content (AvgIpc) is 3.10. The van der Waals surface area contributed by atoms with Gasteiger partial charge in [-0.1, -0.05) is 103 Å². The fraction of sp³-hybridized carbons (Fsp3) is 0. The van der Waals surface area contributed by atoms with Crippen LogP contribution in [0.4, 0.5) is 17.1 Å². The number of nitrogens with zero attached hydrogens (tertiary/aromatic N) is 3. The molecular formula is C40H27N3Pt. The summed E-state index contributed by atoms with van der Waals surface area (Å²) >= 11 is 0. The molecule has 2 aromatic heterocycles. The van der Waals surface area contributed by atoms with E-state index < -0.39 is 0 Å². The summed E-state index contributed by atoms with van der Waals surface area (Å²) < 4.78 is 0. The van der Waals surface area contributed by atoms with Crippen LogP contribution < -0.4 is 4.90 Å². The van der Waals surface area contributed by atoms with Gasteiger partial charge in [-0.3, -0.25) is 0 Å². The zero-order chi connectivity index (χ0) is 28.8. The Bertz CT molecular complexity index is 1820. The summed E-state index contributed by atoms with van der Waals surface area (Å²) in [6, 6.07) is 59.3. The number of anilines is 3. The third-order valence-corrected chi connectivity index (χ3v) is 7.35. The van der Waals surface area contributed by atoms with Crippen LogP contribution in [0.5, 0.6) is 0 Å². The van der Waals surface area contributed by atoms with E-state index in [9.17, 15) is 0 Å². The minimum absolute atomic E-state index is 0. The summed E-state index contributed by atoms with van der Waals surface area (Å²) in [4.78, 5) is 11.5. The van der Waals surface area contributed by atoms with Crippen LogP contribution in [0.15, 0.2) is 164 Å². The number of aromatic nitrogens is 2. The zero-order valence-corrected chi connectivity index (χ0v) is 26.0. The van der Waals surface area contributed by atoms with Crippen molar-refractivity contribution in [3.8, 4) is 44.8 Å². The molecule has 0 spiro atoms. The van der Waals surface area contributed by atoms with Gasteiger partial charge in [-0.2, -0.15) is 0 Å². The molecular weight excluding hydrogens is 718 g/mol. The molecule has 5 aromatic carbocycles. The van der Waals surface area contributed by atoms with Gasteiger partial charge in [-0.25, -0.2) is 0 Å². The Kier molecular flexibility index (Phi) is 8.87. The van der Waals surface area contributed by atoms with Crippen LogP contribution in [0.25, 0.3) is 44.8 Å². The van der Waals surface area contributed by atoms with Gasteiger partial charge in [0.05, 0.1) is 5.69 Å². The standard InChI is InChI=1S/C40H27N3.Pt/c1-3-14-30(15-4-1)36-22-13-23-37(31-16-5-2-6-17-31)40(36)43(34-20-11-18-32(28-34)38-24-7-9-26-41-38)35-21-12-19-33(29-35)39-25-8-10-27-42-39;/h1-27H;/q-2;+2. The molecule has 0 aliphatic rings. The molecule has 0 atom stereocenters. The van der Waals surface area contributed by atoms with Crippen LogP contribution in [-0.4, -0.2) is 9.97 Å². The van der Waals surface area contributed by atoms with E-state index in [0.29, 0.717) is 0 Å². The first-order chi connectivity index (χ1) is 21.3. The number of hydrogen-bond acceptors (Lipinski definition) is 3. The van der Waals surface area contributed by atoms with Crippen LogP contribution >= 0.6 is 0 Å². The maximum Gasteiger partial charge on any atom is 2.00 e. The van der Waals surface area contributed by atoms with Crippen LogP contribution in [0.3, 0.4) is 0 Å². The van der Waals surface area contributed by atoms with E-state index in [1.165, 1.54) is 0 Å². The second kappa shape index (κ2) is 13.5. The van der Waals surface area contributed by atoms with E-state index in [4.69, 9.17) is 0 Å². The van der Waals surface area contributed by atoms with E-state index >= 15 is 0 Å². The summed E-state index contributed by atoms with van der Waals surface area (Å²) in [6.45, 7) is 0. The first kappa shape index (κ1) is 29.0. The van der Waals surface area contributed by atoms with Gasteiger partial charge in [0, 0.05) is 23.5 Å². The SMILES string of the molecule is [Pt+2].[c-]1c(-c2ccccn2)cccc1N(c1[c-]c(-c2ccccn2)ccc1)c1c(-c2ccccc2)cccc1-c1ccccc1. The number of para-hydroxylation sites is 1. The minimum atomic E-state index is 0. The molecule has 0 saturated carbocycles. The molecule has 3 nitrogen and oxygen atoms in total. The van der Waals surface area contributed by atoms with Crippen molar-refractivity contribution in [2.24, 2.45) is 0 Å². The number of pyridine rings is 2. The van der Waals surface area contributed by atoms with Crippen molar-refractivity contribution in [2.75, 3.05) is 4.90 Å². The second-order valence-corrected chi connectivity index (χ2v) is 10.1. The van der Waals surface area contributed by atoms with E-state index in [2.05, 4.69) is 142 Å². The Morgan fingerprint density at radius 1 is 0.409 bits per heavy atom. The largest absolute Gasteiger partial charge is 2.00 e. The Morgan fingerprint density at radius 2 is 0.841 bits per heavy atom. The van der Waals surface area contributed by atoms with E-state index in [1.54, 1.807) is 0 Å². The van der Waals surface area contributed by atoms with E-state index in [1.807, 2.05) is 48.8 Å². The van der Waals surface area contributed by atoms with Crippen molar-refractivity contribution in [3.63, 3.8) is 0 Å². The summed E-state index contributed by atoms with van der Waals surface area (Å²) in [5.41, 5.74) is 10.9. The second-order valence-electron chi connectivity index (χ2n) is 10.1. The van der Waals surface area contributed by atoms with Crippen LogP contribution in [0.2, 0.25) is 0 Å².